The first kappa shape index (κ1) is 17.6. The highest BCUT2D eigenvalue weighted by atomic mass is 19.1. The maximum atomic E-state index is 13.4. The average Bonchev–Trinajstić information content (AvgIpc) is 2.58. The van der Waals surface area contributed by atoms with Crippen molar-refractivity contribution >= 4 is 5.97 Å². The van der Waals surface area contributed by atoms with Crippen LogP contribution in [0.25, 0.3) is 0 Å². The Balaban J connectivity index is 2.41. The SMILES string of the molecule is COc1cc(CC(C(=O)O)c2cccc(F)c2)cc(OC)c1OC. The minimum absolute atomic E-state index is 0.162. The molecule has 0 saturated carbocycles. The molecule has 2 rings (SSSR count). The monoisotopic (exact) mass is 334 g/mol. The van der Waals surface area contributed by atoms with Gasteiger partial charge in [0.05, 0.1) is 27.2 Å². The van der Waals surface area contributed by atoms with Crippen LogP contribution in [0, 0.1) is 5.82 Å². The lowest BCUT2D eigenvalue weighted by Crippen LogP contribution is -2.15. The van der Waals surface area contributed by atoms with Crippen molar-refractivity contribution in [2.75, 3.05) is 21.3 Å². The van der Waals surface area contributed by atoms with E-state index in [9.17, 15) is 14.3 Å². The molecule has 0 aliphatic carbocycles. The van der Waals surface area contributed by atoms with Crippen LogP contribution in [0.2, 0.25) is 0 Å². The molecule has 0 amide bonds. The van der Waals surface area contributed by atoms with E-state index < -0.39 is 17.7 Å². The fourth-order valence-electron chi connectivity index (χ4n) is 2.56. The summed E-state index contributed by atoms with van der Waals surface area (Å²) in [6, 6.07) is 8.99. The third-order valence-corrected chi connectivity index (χ3v) is 3.71. The molecule has 0 bridgehead atoms. The summed E-state index contributed by atoms with van der Waals surface area (Å²) in [7, 11) is 4.47. The van der Waals surface area contributed by atoms with Crippen molar-refractivity contribution in [2.24, 2.45) is 0 Å². The Labute approximate surface area is 139 Å². The molecule has 2 aromatic rings. The lowest BCUT2D eigenvalue weighted by atomic mass is 9.91. The lowest BCUT2D eigenvalue weighted by molar-refractivity contribution is -0.138. The molecule has 1 atom stereocenters. The van der Waals surface area contributed by atoms with Crippen LogP contribution in [0.3, 0.4) is 0 Å². The number of halogens is 1. The van der Waals surface area contributed by atoms with Gasteiger partial charge in [0.2, 0.25) is 5.75 Å². The van der Waals surface area contributed by atoms with Crippen molar-refractivity contribution in [1.29, 1.82) is 0 Å². The zero-order valence-electron chi connectivity index (χ0n) is 13.7. The maximum absolute atomic E-state index is 13.4. The summed E-state index contributed by atoms with van der Waals surface area (Å²) in [5.41, 5.74) is 1.08. The Hall–Kier alpha value is -2.76. The van der Waals surface area contributed by atoms with Gasteiger partial charge in [-0.1, -0.05) is 12.1 Å². The second kappa shape index (κ2) is 7.68. The number of carboxylic acids is 1. The Kier molecular flexibility index (Phi) is 5.63. The first-order chi connectivity index (χ1) is 11.5. The molecule has 1 N–H and O–H groups in total. The summed E-state index contributed by atoms with van der Waals surface area (Å²) in [6.07, 6.45) is 0.162. The van der Waals surface area contributed by atoms with Gasteiger partial charge in [-0.15, -0.1) is 0 Å². The van der Waals surface area contributed by atoms with E-state index in [1.807, 2.05) is 0 Å². The highest BCUT2D eigenvalue weighted by Crippen LogP contribution is 2.39. The van der Waals surface area contributed by atoms with Crippen molar-refractivity contribution in [2.45, 2.75) is 12.3 Å². The topological polar surface area (TPSA) is 65.0 Å². The molecule has 0 saturated heterocycles. The number of benzene rings is 2. The maximum Gasteiger partial charge on any atom is 0.311 e. The number of ether oxygens (including phenoxy) is 3. The molecule has 2 aromatic carbocycles. The summed E-state index contributed by atoms with van der Waals surface area (Å²) in [4.78, 5) is 11.6. The molecule has 0 aliphatic rings. The summed E-state index contributed by atoms with van der Waals surface area (Å²) in [5.74, 6) is -1.08. The Morgan fingerprint density at radius 2 is 1.71 bits per heavy atom. The van der Waals surface area contributed by atoms with E-state index in [4.69, 9.17) is 14.2 Å². The van der Waals surface area contributed by atoms with Crippen LogP contribution < -0.4 is 14.2 Å². The van der Waals surface area contributed by atoms with Gasteiger partial charge in [0.15, 0.2) is 11.5 Å². The van der Waals surface area contributed by atoms with E-state index in [1.165, 1.54) is 39.5 Å². The molecule has 1 unspecified atom stereocenters. The van der Waals surface area contributed by atoms with Gasteiger partial charge in [0.1, 0.15) is 5.82 Å². The third-order valence-electron chi connectivity index (χ3n) is 3.71. The van der Waals surface area contributed by atoms with Gasteiger partial charge in [0.25, 0.3) is 0 Å². The summed E-state index contributed by atoms with van der Waals surface area (Å²) < 4.78 is 29.2. The summed E-state index contributed by atoms with van der Waals surface area (Å²) >= 11 is 0. The fraction of sp³-hybridized carbons (Fsp3) is 0.278. The summed E-state index contributed by atoms with van der Waals surface area (Å²) in [6.45, 7) is 0. The Morgan fingerprint density at radius 3 is 2.17 bits per heavy atom. The van der Waals surface area contributed by atoms with E-state index >= 15 is 0 Å². The number of carbonyl (C=O) groups is 1. The van der Waals surface area contributed by atoms with Gasteiger partial charge in [-0.2, -0.15) is 0 Å². The van der Waals surface area contributed by atoms with Crippen molar-refractivity contribution in [3.8, 4) is 17.2 Å². The second-order valence-electron chi connectivity index (χ2n) is 5.18. The quantitative estimate of drug-likeness (QED) is 0.842. The molecule has 6 heteroatoms. The number of aliphatic carboxylic acids is 1. The van der Waals surface area contributed by atoms with Crippen LogP contribution in [-0.2, 0) is 11.2 Å². The van der Waals surface area contributed by atoms with Crippen LogP contribution in [0.5, 0.6) is 17.2 Å². The van der Waals surface area contributed by atoms with E-state index in [1.54, 1.807) is 18.2 Å². The van der Waals surface area contributed by atoms with Gasteiger partial charge in [-0.25, -0.2) is 4.39 Å². The zero-order chi connectivity index (χ0) is 17.7. The second-order valence-corrected chi connectivity index (χ2v) is 5.18. The molecular formula is C18H19FO5. The minimum atomic E-state index is -1.03. The number of hydrogen-bond donors (Lipinski definition) is 1. The van der Waals surface area contributed by atoms with Gasteiger partial charge >= 0.3 is 5.97 Å². The van der Waals surface area contributed by atoms with Crippen molar-refractivity contribution in [1.82, 2.24) is 0 Å². The van der Waals surface area contributed by atoms with E-state index in [0.717, 1.165) is 0 Å². The number of carboxylic acid groups (broad SMARTS) is 1. The Morgan fingerprint density at radius 1 is 1.08 bits per heavy atom. The first-order valence-electron chi connectivity index (χ1n) is 7.27. The van der Waals surface area contributed by atoms with E-state index in [-0.39, 0.29) is 6.42 Å². The number of hydrogen-bond acceptors (Lipinski definition) is 4. The number of rotatable bonds is 7. The lowest BCUT2D eigenvalue weighted by Gasteiger charge is -2.17. The van der Waals surface area contributed by atoms with Crippen LogP contribution >= 0.6 is 0 Å². The predicted molar refractivity (Wildman–Crippen MR) is 86.6 cm³/mol. The van der Waals surface area contributed by atoms with E-state index in [2.05, 4.69) is 0 Å². The highest BCUT2D eigenvalue weighted by Gasteiger charge is 2.23. The number of methoxy groups -OCH3 is 3. The molecule has 5 nitrogen and oxygen atoms in total. The van der Waals surface area contributed by atoms with Crippen LogP contribution in [-0.4, -0.2) is 32.4 Å². The smallest absolute Gasteiger partial charge is 0.311 e. The van der Waals surface area contributed by atoms with Gasteiger partial charge < -0.3 is 19.3 Å². The normalized spacial score (nSPS) is 11.7. The molecule has 128 valence electrons. The predicted octanol–water partition coefficient (Wildman–Crippen LogP) is 3.26. The van der Waals surface area contributed by atoms with Crippen molar-refractivity contribution in [3.63, 3.8) is 0 Å². The largest absolute Gasteiger partial charge is 0.493 e. The zero-order valence-corrected chi connectivity index (χ0v) is 13.7. The van der Waals surface area contributed by atoms with Crippen LogP contribution in [0.1, 0.15) is 17.0 Å². The summed E-state index contributed by atoms with van der Waals surface area (Å²) in [5, 5.41) is 9.52. The van der Waals surface area contributed by atoms with Crippen molar-refractivity contribution < 1.29 is 28.5 Å². The average molecular weight is 334 g/mol. The van der Waals surface area contributed by atoms with Crippen LogP contribution in [0.4, 0.5) is 4.39 Å². The molecule has 0 heterocycles. The molecule has 0 aromatic heterocycles. The first-order valence-corrected chi connectivity index (χ1v) is 7.27. The minimum Gasteiger partial charge on any atom is -0.493 e. The molecule has 0 radical (unpaired) electrons. The molecule has 24 heavy (non-hydrogen) atoms. The standard InChI is InChI=1S/C18H19FO5/c1-22-15-8-11(9-16(23-2)17(15)24-3)7-14(18(20)21)12-5-4-6-13(19)10-12/h4-6,8-10,14H,7H2,1-3H3,(H,20,21). The van der Waals surface area contributed by atoms with E-state index in [0.29, 0.717) is 28.4 Å². The van der Waals surface area contributed by atoms with Gasteiger partial charge in [-0.05, 0) is 41.8 Å². The highest BCUT2D eigenvalue weighted by molar-refractivity contribution is 5.76. The third kappa shape index (κ3) is 3.76. The van der Waals surface area contributed by atoms with Crippen molar-refractivity contribution in [3.05, 3.63) is 53.3 Å². The molecular weight excluding hydrogens is 315 g/mol. The van der Waals surface area contributed by atoms with Gasteiger partial charge in [0, 0.05) is 0 Å². The van der Waals surface area contributed by atoms with Gasteiger partial charge in [-0.3, -0.25) is 4.79 Å². The Bertz CT molecular complexity index is 704. The molecule has 0 fully saturated rings. The fourth-order valence-corrected chi connectivity index (χ4v) is 2.56. The van der Waals surface area contributed by atoms with Crippen LogP contribution in [0.15, 0.2) is 36.4 Å². The molecule has 0 spiro atoms. The molecule has 0 aliphatic heterocycles.